The van der Waals surface area contributed by atoms with Crippen molar-refractivity contribution in [2.45, 2.75) is 64.1 Å². The molecule has 0 N–H and O–H groups in total. The second-order valence-corrected chi connectivity index (χ2v) is 8.59. The number of benzene rings is 2. The summed E-state index contributed by atoms with van der Waals surface area (Å²) >= 11 is 0. The monoisotopic (exact) mass is 436 g/mol. The minimum Gasteiger partial charge on any atom is -0.490 e. The molecule has 2 aromatic carbocycles. The third-order valence-electron chi connectivity index (χ3n) is 6.78. The first-order valence-corrected chi connectivity index (χ1v) is 11.1. The number of aryl methyl sites for hydroxylation is 1. The summed E-state index contributed by atoms with van der Waals surface area (Å²) in [4.78, 5) is 18.9. The van der Waals surface area contributed by atoms with E-state index in [9.17, 15) is 4.79 Å². The maximum Gasteiger partial charge on any atom is 0.222 e. The summed E-state index contributed by atoms with van der Waals surface area (Å²) < 4.78 is 6.34. The van der Waals surface area contributed by atoms with Gasteiger partial charge in [0.15, 0.2) is 0 Å². The molecule has 0 saturated carbocycles. The van der Waals surface area contributed by atoms with Gasteiger partial charge in [0.2, 0.25) is 5.91 Å². The summed E-state index contributed by atoms with van der Waals surface area (Å²) in [5.74, 6) is 1.21. The lowest BCUT2D eigenvalue weighted by molar-refractivity contribution is -0.136. The van der Waals surface area contributed by atoms with Crippen molar-refractivity contribution in [1.29, 1.82) is 0 Å². The van der Waals surface area contributed by atoms with E-state index < -0.39 is 0 Å². The van der Waals surface area contributed by atoms with Crippen LogP contribution in [0.3, 0.4) is 0 Å². The number of amides is 1. The topological polar surface area (TPSA) is 42.4 Å². The summed E-state index contributed by atoms with van der Waals surface area (Å²) in [5.41, 5.74) is 4.64. The molecule has 0 radical (unpaired) electrons. The minimum atomic E-state index is 0. The van der Waals surface area contributed by atoms with Crippen LogP contribution in [0.1, 0.15) is 44.6 Å². The average molecular weight is 437 g/mol. The first-order chi connectivity index (χ1) is 14.6. The lowest BCUT2D eigenvalue weighted by atomic mass is 9.97. The van der Waals surface area contributed by atoms with Crippen molar-refractivity contribution >= 4 is 29.2 Å². The van der Waals surface area contributed by atoms with Crippen LogP contribution >= 0.6 is 12.4 Å². The number of piperidine rings is 1. The molecule has 0 spiro atoms. The van der Waals surface area contributed by atoms with Crippen molar-refractivity contribution in [1.82, 2.24) is 9.88 Å². The molecular weight excluding hydrogens is 408 g/mol. The lowest BCUT2D eigenvalue weighted by Gasteiger charge is -2.38. The van der Waals surface area contributed by atoms with Gasteiger partial charge >= 0.3 is 0 Å². The highest BCUT2D eigenvalue weighted by atomic mass is 35.5. The third kappa shape index (κ3) is 4.01. The number of pyridine rings is 1. The largest absolute Gasteiger partial charge is 0.490 e. The first kappa shape index (κ1) is 21.6. The van der Waals surface area contributed by atoms with E-state index >= 15 is 0 Å². The molecular formula is C26H29ClN2O2. The van der Waals surface area contributed by atoms with E-state index in [0.717, 1.165) is 36.9 Å². The van der Waals surface area contributed by atoms with Crippen LogP contribution in [0.15, 0.2) is 54.7 Å². The van der Waals surface area contributed by atoms with Gasteiger partial charge in [-0.25, -0.2) is 0 Å². The molecule has 5 rings (SSSR count). The molecule has 2 fully saturated rings. The van der Waals surface area contributed by atoms with Crippen molar-refractivity contribution < 1.29 is 9.53 Å². The van der Waals surface area contributed by atoms with E-state index in [1.807, 2.05) is 19.2 Å². The van der Waals surface area contributed by atoms with Gasteiger partial charge in [-0.15, -0.1) is 12.4 Å². The molecule has 5 heteroatoms. The third-order valence-corrected chi connectivity index (χ3v) is 6.78. The Morgan fingerprint density at radius 1 is 1.06 bits per heavy atom. The van der Waals surface area contributed by atoms with Crippen LogP contribution in [0, 0.1) is 6.92 Å². The van der Waals surface area contributed by atoms with Gasteiger partial charge in [-0.2, -0.15) is 0 Å². The van der Waals surface area contributed by atoms with Gasteiger partial charge in [0, 0.05) is 42.9 Å². The Kier molecular flexibility index (Phi) is 6.19. The lowest BCUT2D eigenvalue weighted by Crippen LogP contribution is -2.49. The fourth-order valence-corrected chi connectivity index (χ4v) is 5.32. The van der Waals surface area contributed by atoms with Gasteiger partial charge in [0.05, 0.1) is 5.52 Å². The molecule has 162 valence electrons. The molecule has 2 aliphatic heterocycles. The van der Waals surface area contributed by atoms with Crippen molar-refractivity contribution in [2.75, 3.05) is 0 Å². The summed E-state index contributed by atoms with van der Waals surface area (Å²) in [7, 11) is 0. The summed E-state index contributed by atoms with van der Waals surface area (Å²) in [5, 5.41) is 1.17. The summed E-state index contributed by atoms with van der Waals surface area (Å²) in [6.07, 6.45) is 6.76. The number of hydrogen-bond donors (Lipinski definition) is 0. The second kappa shape index (κ2) is 8.88. The van der Waals surface area contributed by atoms with Crippen LogP contribution in [-0.2, 0) is 4.79 Å². The Hall–Kier alpha value is -2.59. The molecule has 0 unspecified atom stereocenters. The standard InChI is InChI=1S/C26H28N2O2.ClH/c1-3-25(29)28-20-9-10-21(28)16-23(15-20)30-22-11-6-18(7-12-22)24-13-8-19-5-4-14-27-26(19)17(24)2;/h4-8,11-14,20-21,23H,3,9-10,15-16H2,1-2H3;1H/t20-,21+,23-;. The molecule has 2 saturated heterocycles. The number of hydrogen-bond acceptors (Lipinski definition) is 3. The van der Waals surface area contributed by atoms with Gasteiger partial charge in [-0.05, 0) is 54.7 Å². The predicted octanol–water partition coefficient (Wildman–Crippen LogP) is 5.94. The Morgan fingerprint density at radius 2 is 1.77 bits per heavy atom. The zero-order valence-electron chi connectivity index (χ0n) is 18.1. The Morgan fingerprint density at radius 3 is 2.45 bits per heavy atom. The van der Waals surface area contributed by atoms with Gasteiger partial charge in [0.25, 0.3) is 0 Å². The fourth-order valence-electron chi connectivity index (χ4n) is 5.32. The highest BCUT2D eigenvalue weighted by Crippen LogP contribution is 2.38. The average Bonchev–Trinajstić information content (AvgIpc) is 3.05. The van der Waals surface area contributed by atoms with E-state index in [0.29, 0.717) is 24.4 Å². The van der Waals surface area contributed by atoms with Crippen molar-refractivity contribution in [2.24, 2.45) is 0 Å². The summed E-state index contributed by atoms with van der Waals surface area (Å²) in [6, 6.07) is 17.5. The smallest absolute Gasteiger partial charge is 0.222 e. The van der Waals surface area contributed by atoms with Gasteiger partial charge in [0.1, 0.15) is 11.9 Å². The van der Waals surface area contributed by atoms with Crippen LogP contribution in [-0.4, -0.2) is 34.0 Å². The predicted molar refractivity (Wildman–Crippen MR) is 127 cm³/mol. The zero-order chi connectivity index (χ0) is 20.7. The molecule has 3 heterocycles. The van der Waals surface area contributed by atoms with E-state index in [-0.39, 0.29) is 18.5 Å². The maximum absolute atomic E-state index is 12.3. The summed E-state index contributed by atoms with van der Waals surface area (Å²) in [6.45, 7) is 4.09. The molecule has 4 nitrogen and oxygen atoms in total. The number of halogens is 1. The van der Waals surface area contributed by atoms with E-state index in [1.54, 1.807) is 0 Å². The van der Waals surface area contributed by atoms with E-state index in [1.165, 1.54) is 22.1 Å². The number of carbonyl (C=O) groups excluding carboxylic acids is 1. The molecule has 1 amide bonds. The molecule has 1 aromatic heterocycles. The van der Waals surface area contributed by atoms with Crippen molar-refractivity contribution in [3.05, 3.63) is 60.3 Å². The van der Waals surface area contributed by atoms with Crippen LogP contribution in [0.4, 0.5) is 0 Å². The van der Waals surface area contributed by atoms with Gasteiger partial charge in [-0.1, -0.05) is 37.3 Å². The minimum absolute atomic E-state index is 0. The highest BCUT2D eigenvalue weighted by Gasteiger charge is 2.43. The normalized spacial score (nSPS) is 22.3. The van der Waals surface area contributed by atoms with Crippen LogP contribution in [0.25, 0.3) is 22.0 Å². The number of carbonyl (C=O) groups is 1. The van der Waals surface area contributed by atoms with Crippen LogP contribution < -0.4 is 4.74 Å². The molecule has 2 aliphatic rings. The highest BCUT2D eigenvalue weighted by molar-refractivity contribution is 5.88. The number of ether oxygens (including phenoxy) is 1. The number of rotatable bonds is 4. The number of nitrogens with zero attached hydrogens (tertiary/aromatic N) is 2. The number of fused-ring (bicyclic) bond motifs is 3. The Balaban J connectivity index is 0.00000231. The van der Waals surface area contributed by atoms with Crippen molar-refractivity contribution in [3.8, 4) is 16.9 Å². The van der Waals surface area contributed by atoms with E-state index in [2.05, 4.69) is 59.3 Å². The van der Waals surface area contributed by atoms with E-state index in [4.69, 9.17) is 4.74 Å². The molecule has 3 atom stereocenters. The molecule has 31 heavy (non-hydrogen) atoms. The maximum atomic E-state index is 12.3. The Labute approximate surface area is 190 Å². The Bertz CT molecular complexity index is 1070. The van der Waals surface area contributed by atoms with Crippen LogP contribution in [0.2, 0.25) is 0 Å². The fraction of sp³-hybridized carbons (Fsp3) is 0.385. The molecule has 3 aromatic rings. The quantitative estimate of drug-likeness (QED) is 0.508. The molecule has 0 aliphatic carbocycles. The SMILES string of the molecule is CCC(=O)N1[C@@H]2CC[C@H]1C[C@H](Oc1ccc(-c3ccc4cccnc4c3C)cc1)C2.Cl. The van der Waals surface area contributed by atoms with Gasteiger partial charge < -0.3 is 9.64 Å². The van der Waals surface area contributed by atoms with Crippen LogP contribution in [0.5, 0.6) is 5.75 Å². The van der Waals surface area contributed by atoms with Crippen molar-refractivity contribution in [3.63, 3.8) is 0 Å². The van der Waals surface area contributed by atoms with Gasteiger partial charge in [-0.3, -0.25) is 9.78 Å². The molecule has 2 bridgehead atoms. The zero-order valence-corrected chi connectivity index (χ0v) is 18.9. The first-order valence-electron chi connectivity index (χ1n) is 11.1. The second-order valence-electron chi connectivity index (χ2n) is 8.59. The number of aromatic nitrogens is 1.